The quantitative estimate of drug-likeness (QED) is 0.190. The summed E-state index contributed by atoms with van der Waals surface area (Å²) in [6, 6.07) is 23.2. The van der Waals surface area contributed by atoms with Gasteiger partial charge in [-0.2, -0.15) is 0 Å². The number of benzene rings is 4. The van der Waals surface area contributed by atoms with E-state index in [0.717, 1.165) is 11.1 Å². The van der Waals surface area contributed by atoms with Crippen LogP contribution in [0.4, 0.5) is 11.4 Å². The van der Waals surface area contributed by atoms with Crippen LogP contribution in [0.25, 0.3) is 6.08 Å². The molecule has 4 atom stereocenters. The third-order valence-corrected chi connectivity index (χ3v) is 9.12. The lowest BCUT2D eigenvalue weighted by Crippen LogP contribution is -2.49. The van der Waals surface area contributed by atoms with Gasteiger partial charge in [0.25, 0.3) is 5.69 Å². The number of carbonyl (C=O) groups is 3. The molecule has 0 aliphatic carbocycles. The summed E-state index contributed by atoms with van der Waals surface area (Å²) in [5.41, 5.74) is 1.32. The molecule has 4 aliphatic heterocycles. The van der Waals surface area contributed by atoms with E-state index in [4.69, 9.17) is 9.47 Å². The van der Waals surface area contributed by atoms with Gasteiger partial charge in [0.1, 0.15) is 11.5 Å². The van der Waals surface area contributed by atoms with Gasteiger partial charge in [-0.1, -0.05) is 54.6 Å². The standard InChI is InChI=1S/C34H23N3O7/c38-30(20-7-5-8-22(16-20)37(41)42)28-29(31(39)21-12-13-26-27(17-21)44-18-43-26)36-15-14-19-6-1-2-9-23(19)32(36)34(28)24-10-3-4-11-25(24)35-33(34)40/h1-17,28-29,32H,18H2,(H,35,40)/t28-,29+,32+,34-/m1/s1. The number of ketones is 2. The van der Waals surface area contributed by atoms with Gasteiger partial charge in [0.2, 0.25) is 12.7 Å². The second kappa shape index (κ2) is 9.37. The second-order valence-corrected chi connectivity index (χ2v) is 11.2. The molecule has 1 fully saturated rings. The van der Waals surface area contributed by atoms with Crippen LogP contribution in [-0.4, -0.2) is 40.1 Å². The molecule has 0 saturated carbocycles. The van der Waals surface area contributed by atoms with Gasteiger partial charge in [-0.05, 0) is 47.0 Å². The first-order valence-corrected chi connectivity index (χ1v) is 14.1. The van der Waals surface area contributed by atoms with E-state index in [0.29, 0.717) is 22.7 Å². The lowest BCUT2D eigenvalue weighted by Gasteiger charge is -2.38. The van der Waals surface area contributed by atoms with Crippen LogP contribution in [0.1, 0.15) is 43.4 Å². The van der Waals surface area contributed by atoms with Gasteiger partial charge in [0, 0.05) is 35.1 Å². The number of nitro groups is 1. The first-order valence-electron chi connectivity index (χ1n) is 14.1. The maximum Gasteiger partial charge on any atom is 0.270 e. The molecule has 4 aromatic carbocycles. The van der Waals surface area contributed by atoms with Crippen LogP contribution in [0.2, 0.25) is 0 Å². The molecule has 44 heavy (non-hydrogen) atoms. The fourth-order valence-electron chi connectivity index (χ4n) is 7.34. The number of anilines is 1. The number of amides is 1. The first kappa shape index (κ1) is 25.9. The number of carbonyl (C=O) groups excluding carboxylic acids is 3. The van der Waals surface area contributed by atoms with Crippen molar-refractivity contribution in [2.45, 2.75) is 17.5 Å². The third-order valence-electron chi connectivity index (χ3n) is 9.12. The van der Waals surface area contributed by atoms with Gasteiger partial charge in [-0.15, -0.1) is 0 Å². The summed E-state index contributed by atoms with van der Waals surface area (Å²) < 4.78 is 11.0. The first-order chi connectivity index (χ1) is 21.4. The van der Waals surface area contributed by atoms with E-state index in [2.05, 4.69) is 5.32 Å². The second-order valence-electron chi connectivity index (χ2n) is 11.2. The van der Waals surface area contributed by atoms with Crippen molar-refractivity contribution in [3.05, 3.63) is 135 Å². The van der Waals surface area contributed by atoms with Crippen LogP contribution in [-0.2, 0) is 10.2 Å². The molecule has 0 aromatic heterocycles. The molecule has 216 valence electrons. The van der Waals surface area contributed by atoms with E-state index >= 15 is 0 Å². The predicted octanol–water partition coefficient (Wildman–Crippen LogP) is 5.31. The van der Waals surface area contributed by atoms with Crippen molar-refractivity contribution in [2.24, 2.45) is 5.92 Å². The molecule has 0 bridgehead atoms. The molecule has 1 saturated heterocycles. The number of non-ortho nitro benzene ring substituents is 1. The van der Waals surface area contributed by atoms with Crippen LogP contribution in [0.3, 0.4) is 0 Å². The zero-order chi connectivity index (χ0) is 30.2. The zero-order valence-corrected chi connectivity index (χ0v) is 23.0. The minimum atomic E-state index is -1.55. The largest absolute Gasteiger partial charge is 0.454 e. The highest BCUT2D eigenvalue weighted by atomic mass is 16.7. The average molecular weight is 586 g/mol. The minimum absolute atomic E-state index is 0.0259. The number of rotatable bonds is 5. The maximum atomic E-state index is 14.9. The molecular weight excluding hydrogens is 562 g/mol. The lowest BCUT2D eigenvalue weighted by molar-refractivity contribution is -0.384. The summed E-state index contributed by atoms with van der Waals surface area (Å²) in [5, 5.41) is 14.7. The summed E-state index contributed by atoms with van der Waals surface area (Å²) in [5.74, 6) is -1.70. The van der Waals surface area contributed by atoms with Crippen molar-refractivity contribution in [2.75, 3.05) is 12.1 Å². The predicted molar refractivity (Wildman–Crippen MR) is 158 cm³/mol. The maximum absolute atomic E-state index is 14.9. The van der Waals surface area contributed by atoms with Crippen LogP contribution < -0.4 is 14.8 Å². The molecule has 1 spiro atoms. The summed E-state index contributed by atoms with van der Waals surface area (Å²) in [6.07, 6.45) is 3.65. The SMILES string of the molecule is O=C(c1ccc2c(c1)OCO2)[C@@H]1[C@H](C(=O)c2cccc([N+](=O)[O-])c2)[C@@]2(C(=O)Nc3ccccc32)[C@@H]2c3ccccc3C=CN12. The van der Waals surface area contributed by atoms with Crippen LogP contribution in [0.15, 0.2) is 97.2 Å². The van der Waals surface area contributed by atoms with E-state index in [1.54, 1.807) is 42.6 Å². The number of fused-ring (bicyclic) bond motifs is 7. The summed E-state index contributed by atoms with van der Waals surface area (Å²) in [6.45, 7) is 0.0259. The van der Waals surface area contributed by atoms with Crippen LogP contribution >= 0.6 is 0 Å². The molecule has 4 aliphatic rings. The van der Waals surface area contributed by atoms with Crippen molar-refractivity contribution in [3.8, 4) is 11.5 Å². The number of hydrogen-bond acceptors (Lipinski definition) is 8. The summed E-state index contributed by atoms with van der Waals surface area (Å²) in [7, 11) is 0. The number of Topliss-reactive ketones (excluding diaryl/α,β-unsaturated/α-hetero) is 2. The Labute approximate surface area is 250 Å². The Kier molecular flexibility index (Phi) is 5.51. The molecule has 1 amide bonds. The minimum Gasteiger partial charge on any atom is -0.454 e. The van der Waals surface area contributed by atoms with Crippen LogP contribution in [0.5, 0.6) is 11.5 Å². The Morgan fingerprint density at radius 3 is 2.52 bits per heavy atom. The van der Waals surface area contributed by atoms with E-state index in [1.807, 2.05) is 41.3 Å². The molecule has 4 heterocycles. The highest BCUT2D eigenvalue weighted by Gasteiger charge is 2.70. The molecule has 8 rings (SSSR count). The molecule has 10 heteroatoms. The summed E-state index contributed by atoms with van der Waals surface area (Å²) in [4.78, 5) is 57.1. The number of para-hydroxylation sites is 1. The Morgan fingerprint density at radius 1 is 0.886 bits per heavy atom. The van der Waals surface area contributed by atoms with Gasteiger partial charge in [0.15, 0.2) is 23.1 Å². The number of nitro benzene ring substituents is 1. The van der Waals surface area contributed by atoms with Gasteiger partial charge in [-0.25, -0.2) is 0 Å². The topological polar surface area (TPSA) is 128 Å². The number of ether oxygens (including phenoxy) is 2. The Bertz CT molecular complexity index is 1970. The third kappa shape index (κ3) is 3.45. The Balaban J connectivity index is 1.40. The van der Waals surface area contributed by atoms with Crippen molar-refractivity contribution >= 4 is 34.9 Å². The number of nitrogens with zero attached hydrogens (tertiary/aromatic N) is 2. The molecule has 0 unspecified atom stereocenters. The average Bonchev–Trinajstić information content (AvgIpc) is 3.73. The van der Waals surface area contributed by atoms with E-state index in [-0.39, 0.29) is 23.6 Å². The van der Waals surface area contributed by atoms with Crippen molar-refractivity contribution in [1.82, 2.24) is 4.90 Å². The zero-order valence-electron chi connectivity index (χ0n) is 23.0. The monoisotopic (exact) mass is 585 g/mol. The number of nitrogens with one attached hydrogen (secondary N) is 1. The summed E-state index contributed by atoms with van der Waals surface area (Å²) >= 11 is 0. The molecular formula is C34H23N3O7. The molecule has 0 radical (unpaired) electrons. The Hall–Kier alpha value is -5.77. The van der Waals surface area contributed by atoms with Gasteiger partial charge < -0.3 is 19.7 Å². The van der Waals surface area contributed by atoms with E-state index < -0.39 is 45.8 Å². The van der Waals surface area contributed by atoms with Crippen molar-refractivity contribution in [1.29, 1.82) is 0 Å². The highest BCUT2D eigenvalue weighted by Crippen LogP contribution is 2.62. The van der Waals surface area contributed by atoms with E-state index in [1.165, 1.54) is 24.3 Å². The van der Waals surface area contributed by atoms with Crippen molar-refractivity contribution < 1.29 is 28.8 Å². The fraction of sp³-hybridized carbons (Fsp3) is 0.147. The highest BCUT2D eigenvalue weighted by molar-refractivity contribution is 6.16. The van der Waals surface area contributed by atoms with Crippen molar-refractivity contribution in [3.63, 3.8) is 0 Å². The van der Waals surface area contributed by atoms with Gasteiger partial charge >= 0.3 is 0 Å². The smallest absolute Gasteiger partial charge is 0.270 e. The van der Waals surface area contributed by atoms with Gasteiger partial charge in [-0.3, -0.25) is 24.5 Å². The number of hydrogen-bond donors (Lipinski definition) is 1. The molecule has 1 N–H and O–H groups in total. The Morgan fingerprint density at radius 2 is 1.66 bits per heavy atom. The van der Waals surface area contributed by atoms with Gasteiger partial charge in [0.05, 0.1) is 16.9 Å². The van der Waals surface area contributed by atoms with Crippen LogP contribution in [0, 0.1) is 16.0 Å². The molecule has 10 nitrogen and oxygen atoms in total. The molecule has 4 aromatic rings. The van der Waals surface area contributed by atoms with E-state index in [9.17, 15) is 24.5 Å². The lowest BCUT2D eigenvalue weighted by atomic mass is 9.62. The normalized spacial score (nSPS) is 23.6. The fourth-order valence-corrected chi connectivity index (χ4v) is 7.34.